The van der Waals surface area contributed by atoms with Crippen molar-refractivity contribution in [3.63, 3.8) is 0 Å². The average Bonchev–Trinajstić information content (AvgIpc) is 2.90. The second-order valence-electron chi connectivity index (χ2n) is 5.32. The third-order valence-electron chi connectivity index (χ3n) is 3.48. The summed E-state index contributed by atoms with van der Waals surface area (Å²) in [5, 5.41) is 0.149. The summed E-state index contributed by atoms with van der Waals surface area (Å²) in [4.78, 5) is 19.9. The molecule has 0 unspecified atom stereocenters. The number of nitrogens with zero attached hydrogens (tertiary/aromatic N) is 1. The van der Waals surface area contributed by atoms with E-state index in [1.165, 1.54) is 17.8 Å². The molecule has 0 saturated carbocycles. The van der Waals surface area contributed by atoms with Crippen LogP contribution in [0.2, 0.25) is 0 Å². The number of fused-ring (bicyclic) bond motifs is 1. The highest BCUT2D eigenvalue weighted by atomic mass is 32.2. The van der Waals surface area contributed by atoms with E-state index in [0.717, 1.165) is 28.7 Å². The lowest BCUT2D eigenvalue weighted by Gasteiger charge is -2.08. The number of H-pyrrole nitrogens is 1. The Hall–Kier alpha value is -2.21. The minimum Gasteiger partial charge on any atom is -0.333 e. The average molecular weight is 332 g/mol. The standard InChI is InChI=1S/C17H14F2N2OS/c1-9-3-6-14-15(7-9)21-17(20-14)23-10(2)16(22)11-4-5-12(18)13(19)8-11/h3-8,10H,1-2H3,(H,20,21)/t10-/m0/s1. The molecule has 0 amide bonds. The fraction of sp³-hybridized carbons (Fsp3) is 0.176. The van der Waals surface area contributed by atoms with E-state index in [1.54, 1.807) is 6.92 Å². The monoisotopic (exact) mass is 332 g/mol. The van der Waals surface area contributed by atoms with Gasteiger partial charge in [0.15, 0.2) is 22.6 Å². The number of benzene rings is 2. The van der Waals surface area contributed by atoms with Gasteiger partial charge in [0.1, 0.15) is 0 Å². The minimum atomic E-state index is -1.02. The quantitative estimate of drug-likeness (QED) is 0.565. The summed E-state index contributed by atoms with van der Waals surface area (Å²) in [5.74, 6) is -2.26. The van der Waals surface area contributed by atoms with Crippen molar-refractivity contribution in [2.75, 3.05) is 0 Å². The van der Waals surface area contributed by atoms with Crippen molar-refractivity contribution in [2.45, 2.75) is 24.3 Å². The van der Waals surface area contributed by atoms with Crippen LogP contribution in [0.5, 0.6) is 0 Å². The van der Waals surface area contributed by atoms with Gasteiger partial charge in [0.05, 0.1) is 16.3 Å². The molecular formula is C17H14F2N2OS. The molecule has 118 valence electrons. The van der Waals surface area contributed by atoms with E-state index in [9.17, 15) is 13.6 Å². The molecule has 0 radical (unpaired) electrons. The van der Waals surface area contributed by atoms with Crippen molar-refractivity contribution in [1.29, 1.82) is 0 Å². The van der Waals surface area contributed by atoms with Gasteiger partial charge in [-0.25, -0.2) is 13.8 Å². The number of nitrogens with one attached hydrogen (secondary N) is 1. The summed E-state index contributed by atoms with van der Waals surface area (Å²) in [7, 11) is 0. The lowest BCUT2D eigenvalue weighted by atomic mass is 10.1. The van der Waals surface area contributed by atoms with Crippen LogP contribution in [0.3, 0.4) is 0 Å². The molecule has 1 atom stereocenters. The van der Waals surface area contributed by atoms with Crippen LogP contribution in [-0.4, -0.2) is 21.0 Å². The van der Waals surface area contributed by atoms with Gasteiger partial charge in [-0.2, -0.15) is 0 Å². The Kier molecular flexibility index (Phi) is 4.17. The molecule has 1 heterocycles. The van der Waals surface area contributed by atoms with Crippen LogP contribution in [0.1, 0.15) is 22.8 Å². The number of aromatic amines is 1. The van der Waals surface area contributed by atoms with Gasteiger partial charge in [-0.1, -0.05) is 17.8 Å². The number of hydrogen-bond acceptors (Lipinski definition) is 3. The molecule has 3 rings (SSSR count). The number of hydrogen-bond donors (Lipinski definition) is 1. The first-order valence-electron chi connectivity index (χ1n) is 7.06. The molecule has 3 aromatic rings. The maximum Gasteiger partial charge on any atom is 0.176 e. The number of carbonyl (C=O) groups is 1. The first-order valence-corrected chi connectivity index (χ1v) is 7.94. The van der Waals surface area contributed by atoms with E-state index in [4.69, 9.17) is 0 Å². The van der Waals surface area contributed by atoms with Crippen molar-refractivity contribution in [2.24, 2.45) is 0 Å². The number of carbonyl (C=O) groups excluding carboxylic acids is 1. The molecule has 0 fully saturated rings. The maximum atomic E-state index is 13.3. The maximum absolute atomic E-state index is 13.3. The first-order chi connectivity index (χ1) is 10.9. The van der Waals surface area contributed by atoms with Crippen LogP contribution in [0.4, 0.5) is 8.78 Å². The number of thioether (sulfide) groups is 1. The molecular weight excluding hydrogens is 318 g/mol. The first kappa shape index (κ1) is 15.7. The van der Waals surface area contributed by atoms with Gasteiger partial charge in [0, 0.05) is 5.56 Å². The van der Waals surface area contributed by atoms with Crippen molar-refractivity contribution < 1.29 is 13.6 Å². The Morgan fingerprint density at radius 2 is 1.96 bits per heavy atom. The molecule has 23 heavy (non-hydrogen) atoms. The van der Waals surface area contributed by atoms with E-state index in [1.807, 2.05) is 25.1 Å². The van der Waals surface area contributed by atoms with E-state index in [0.29, 0.717) is 5.16 Å². The highest BCUT2D eigenvalue weighted by molar-refractivity contribution is 8.00. The Morgan fingerprint density at radius 1 is 1.17 bits per heavy atom. The molecule has 0 aliphatic rings. The second kappa shape index (κ2) is 6.12. The molecule has 6 heteroatoms. The van der Waals surface area contributed by atoms with Gasteiger partial charge in [-0.15, -0.1) is 0 Å². The lowest BCUT2D eigenvalue weighted by molar-refractivity contribution is 0.0993. The molecule has 0 bridgehead atoms. The normalized spacial score (nSPS) is 12.5. The number of rotatable bonds is 4. The highest BCUT2D eigenvalue weighted by Gasteiger charge is 2.19. The lowest BCUT2D eigenvalue weighted by Crippen LogP contribution is -2.14. The Labute approximate surface area is 136 Å². The largest absolute Gasteiger partial charge is 0.333 e. The van der Waals surface area contributed by atoms with Crippen LogP contribution in [0.25, 0.3) is 11.0 Å². The summed E-state index contributed by atoms with van der Waals surface area (Å²) in [6.45, 7) is 3.70. The van der Waals surface area contributed by atoms with Gasteiger partial charge in [0.2, 0.25) is 0 Å². The Balaban J connectivity index is 1.80. The van der Waals surface area contributed by atoms with Crippen LogP contribution in [0.15, 0.2) is 41.6 Å². The van der Waals surface area contributed by atoms with E-state index in [-0.39, 0.29) is 11.3 Å². The zero-order valence-corrected chi connectivity index (χ0v) is 13.4. The van der Waals surface area contributed by atoms with Crippen molar-refractivity contribution >= 4 is 28.6 Å². The topological polar surface area (TPSA) is 45.8 Å². The number of Topliss-reactive ketones (excluding diaryl/α,β-unsaturated/α-hetero) is 1. The van der Waals surface area contributed by atoms with Crippen LogP contribution >= 0.6 is 11.8 Å². The molecule has 0 spiro atoms. The third kappa shape index (κ3) is 3.27. The molecule has 0 saturated heterocycles. The Bertz CT molecular complexity index is 891. The number of imidazole rings is 1. The van der Waals surface area contributed by atoms with Gasteiger partial charge in [-0.3, -0.25) is 4.79 Å². The fourth-order valence-corrected chi connectivity index (χ4v) is 3.16. The van der Waals surface area contributed by atoms with Gasteiger partial charge in [-0.05, 0) is 49.7 Å². The molecule has 2 aromatic carbocycles. The summed E-state index contributed by atoms with van der Waals surface area (Å²) in [5.41, 5.74) is 2.99. The van der Waals surface area contributed by atoms with Gasteiger partial charge < -0.3 is 4.98 Å². The predicted octanol–water partition coefficient (Wildman–Crippen LogP) is 4.51. The third-order valence-corrected chi connectivity index (χ3v) is 4.46. The van der Waals surface area contributed by atoms with E-state index >= 15 is 0 Å². The smallest absolute Gasteiger partial charge is 0.176 e. The van der Waals surface area contributed by atoms with Crippen LogP contribution in [0, 0.1) is 18.6 Å². The molecule has 1 aromatic heterocycles. The van der Waals surface area contributed by atoms with E-state index < -0.39 is 16.9 Å². The fourth-order valence-electron chi connectivity index (χ4n) is 2.26. The molecule has 3 nitrogen and oxygen atoms in total. The summed E-state index contributed by atoms with van der Waals surface area (Å²) in [6, 6.07) is 9.04. The van der Waals surface area contributed by atoms with Gasteiger partial charge in [0.25, 0.3) is 0 Å². The van der Waals surface area contributed by atoms with E-state index in [2.05, 4.69) is 9.97 Å². The zero-order chi connectivity index (χ0) is 16.6. The van der Waals surface area contributed by atoms with Crippen LogP contribution < -0.4 is 0 Å². The summed E-state index contributed by atoms with van der Waals surface area (Å²) < 4.78 is 26.2. The number of aromatic nitrogens is 2. The molecule has 0 aliphatic carbocycles. The number of halogens is 2. The van der Waals surface area contributed by atoms with Crippen LogP contribution in [-0.2, 0) is 0 Å². The van der Waals surface area contributed by atoms with Crippen molar-refractivity contribution in [1.82, 2.24) is 9.97 Å². The van der Waals surface area contributed by atoms with Crippen molar-refractivity contribution in [3.8, 4) is 0 Å². The summed E-state index contributed by atoms with van der Waals surface area (Å²) in [6.07, 6.45) is 0. The Morgan fingerprint density at radius 3 is 2.70 bits per heavy atom. The number of aryl methyl sites for hydroxylation is 1. The minimum absolute atomic E-state index is 0.149. The predicted molar refractivity (Wildman–Crippen MR) is 86.8 cm³/mol. The van der Waals surface area contributed by atoms with Crippen molar-refractivity contribution in [3.05, 3.63) is 59.2 Å². The SMILES string of the molecule is Cc1ccc2nc(S[C@@H](C)C(=O)c3ccc(F)c(F)c3)[nH]c2c1. The molecule has 0 aliphatic heterocycles. The molecule has 1 N–H and O–H groups in total. The summed E-state index contributed by atoms with van der Waals surface area (Å²) >= 11 is 1.26. The second-order valence-corrected chi connectivity index (χ2v) is 6.65. The van der Waals surface area contributed by atoms with Gasteiger partial charge >= 0.3 is 0 Å². The number of ketones is 1. The zero-order valence-electron chi connectivity index (χ0n) is 12.6. The highest BCUT2D eigenvalue weighted by Crippen LogP contribution is 2.26.